The predicted molar refractivity (Wildman–Crippen MR) is 21.3 cm³/mol. The zero-order valence-corrected chi connectivity index (χ0v) is 6.54. The monoisotopic (exact) mass is 150 g/mol. The predicted octanol–water partition coefficient (Wildman–Crippen LogP) is -0.0649. The standard InChI is InChI=1S/C2H4O2.Sr.2H/c1-2(3)4;;;/h1H3,(H,3,4);;;/q;+2;2*-1. The van der Waals surface area contributed by atoms with Crippen LogP contribution in [0.15, 0.2) is 0 Å². The minimum Gasteiger partial charge on any atom is -1.00 e. The molecule has 0 saturated carbocycles. The maximum Gasteiger partial charge on any atom is 2.00 e. The third-order valence-corrected chi connectivity index (χ3v) is 0. The van der Waals surface area contributed by atoms with E-state index in [2.05, 4.69) is 0 Å². The Labute approximate surface area is 70.4 Å². The molecule has 0 atom stereocenters. The zero-order valence-electron chi connectivity index (χ0n) is 5.06. The zero-order chi connectivity index (χ0) is 3.58. The van der Waals surface area contributed by atoms with Gasteiger partial charge in [0.1, 0.15) is 0 Å². The largest absolute Gasteiger partial charge is 2.00 e. The summed E-state index contributed by atoms with van der Waals surface area (Å²) in [6, 6.07) is 0. The second-order valence-corrected chi connectivity index (χ2v) is 0.519. The van der Waals surface area contributed by atoms with Crippen LogP contribution in [0.1, 0.15) is 9.78 Å². The van der Waals surface area contributed by atoms with Crippen LogP contribution in [-0.4, -0.2) is 56.6 Å². The van der Waals surface area contributed by atoms with E-state index in [1.807, 2.05) is 0 Å². The Hall–Kier alpha value is 0.951. The van der Waals surface area contributed by atoms with Gasteiger partial charge in [-0.15, -0.1) is 0 Å². The summed E-state index contributed by atoms with van der Waals surface area (Å²) in [5, 5.41) is 7.42. The summed E-state index contributed by atoms with van der Waals surface area (Å²) in [5.41, 5.74) is 0. The van der Waals surface area contributed by atoms with Crippen LogP contribution in [0, 0.1) is 0 Å². The molecule has 0 aromatic heterocycles. The first kappa shape index (κ1) is 9.34. The molecule has 0 aliphatic heterocycles. The van der Waals surface area contributed by atoms with Crippen molar-refractivity contribution in [1.82, 2.24) is 0 Å². The molecule has 0 fully saturated rings. The number of rotatable bonds is 0. The molecule has 0 saturated heterocycles. The summed E-state index contributed by atoms with van der Waals surface area (Å²) in [5.74, 6) is -0.833. The average Bonchev–Trinajstić information content (AvgIpc) is 0.811. The summed E-state index contributed by atoms with van der Waals surface area (Å²) in [4.78, 5) is 9.00. The topological polar surface area (TPSA) is 37.3 Å². The SMILES string of the molecule is CC(=O)O.[H-].[H-].[Sr+2]. The Morgan fingerprint density at radius 1 is 2.00 bits per heavy atom. The Bertz CT molecular complexity index is 36.7. The number of hydrogen-bond donors (Lipinski definition) is 1. The first-order valence-corrected chi connectivity index (χ1v) is 0.928. The van der Waals surface area contributed by atoms with E-state index in [4.69, 9.17) is 9.90 Å². The Morgan fingerprint density at radius 2 is 2.00 bits per heavy atom. The number of carbonyl (C=O) groups is 1. The third kappa shape index (κ3) is 47.7. The fourth-order valence-electron chi connectivity index (χ4n) is 0. The van der Waals surface area contributed by atoms with E-state index >= 15 is 0 Å². The van der Waals surface area contributed by atoms with Gasteiger partial charge in [0.2, 0.25) is 0 Å². The third-order valence-electron chi connectivity index (χ3n) is 0. The molecule has 28 valence electrons. The van der Waals surface area contributed by atoms with Crippen molar-refractivity contribution in [3.05, 3.63) is 0 Å². The molecule has 1 N–H and O–H groups in total. The second-order valence-electron chi connectivity index (χ2n) is 0.519. The fraction of sp³-hybridized carbons (Fsp3) is 0.500. The van der Waals surface area contributed by atoms with Gasteiger partial charge >= 0.3 is 45.5 Å². The maximum absolute atomic E-state index is 9.00. The van der Waals surface area contributed by atoms with Gasteiger partial charge in [-0.05, 0) is 0 Å². The summed E-state index contributed by atoms with van der Waals surface area (Å²) < 4.78 is 0. The van der Waals surface area contributed by atoms with Gasteiger partial charge < -0.3 is 7.96 Å². The molecule has 0 bridgehead atoms. The van der Waals surface area contributed by atoms with Crippen LogP contribution in [0.25, 0.3) is 0 Å². The van der Waals surface area contributed by atoms with E-state index in [0.29, 0.717) is 0 Å². The van der Waals surface area contributed by atoms with Crippen LogP contribution in [0.2, 0.25) is 0 Å². The smallest absolute Gasteiger partial charge is 1.00 e. The van der Waals surface area contributed by atoms with Crippen LogP contribution < -0.4 is 0 Å². The molecule has 0 aromatic rings. The number of aliphatic carboxylic acids is 1. The van der Waals surface area contributed by atoms with Crippen molar-refractivity contribution in [3.8, 4) is 0 Å². The molecule has 0 heterocycles. The average molecular weight is 150 g/mol. The van der Waals surface area contributed by atoms with E-state index in [1.54, 1.807) is 0 Å². The minimum absolute atomic E-state index is 0. The Kier molecular flexibility index (Phi) is 9.25. The van der Waals surface area contributed by atoms with E-state index in [-0.39, 0.29) is 48.3 Å². The van der Waals surface area contributed by atoms with Crippen LogP contribution in [-0.2, 0) is 4.79 Å². The van der Waals surface area contributed by atoms with E-state index in [0.717, 1.165) is 6.92 Å². The van der Waals surface area contributed by atoms with Gasteiger partial charge in [0.15, 0.2) is 0 Å². The van der Waals surface area contributed by atoms with Crippen LogP contribution in [0.5, 0.6) is 0 Å². The second kappa shape index (κ2) is 4.95. The molecule has 0 radical (unpaired) electrons. The number of carboxylic acids is 1. The van der Waals surface area contributed by atoms with Crippen molar-refractivity contribution in [3.63, 3.8) is 0 Å². The first-order valence-electron chi connectivity index (χ1n) is 0.928. The van der Waals surface area contributed by atoms with Gasteiger partial charge in [0.05, 0.1) is 0 Å². The molecule has 0 rings (SSSR count). The molecule has 0 unspecified atom stereocenters. The van der Waals surface area contributed by atoms with Crippen LogP contribution in [0.4, 0.5) is 0 Å². The normalized spacial score (nSPS) is 5.00. The molecule has 0 aliphatic rings. The van der Waals surface area contributed by atoms with Crippen LogP contribution in [0.3, 0.4) is 0 Å². The number of hydrogen-bond acceptors (Lipinski definition) is 1. The summed E-state index contributed by atoms with van der Waals surface area (Å²) in [6.45, 7) is 1.08. The van der Waals surface area contributed by atoms with Gasteiger partial charge in [-0.3, -0.25) is 4.79 Å². The van der Waals surface area contributed by atoms with Crippen molar-refractivity contribution in [2.24, 2.45) is 0 Å². The Morgan fingerprint density at radius 3 is 2.00 bits per heavy atom. The van der Waals surface area contributed by atoms with Gasteiger partial charge in [-0.1, -0.05) is 0 Å². The molecular weight excluding hydrogens is 144 g/mol. The fourth-order valence-corrected chi connectivity index (χ4v) is 0. The van der Waals surface area contributed by atoms with Crippen molar-refractivity contribution >= 4 is 51.5 Å². The summed E-state index contributed by atoms with van der Waals surface area (Å²) in [7, 11) is 0. The van der Waals surface area contributed by atoms with Crippen molar-refractivity contribution in [2.75, 3.05) is 0 Å². The van der Waals surface area contributed by atoms with E-state index in [9.17, 15) is 0 Å². The molecule has 0 amide bonds. The molecular formula is C2H6O2Sr. The van der Waals surface area contributed by atoms with Gasteiger partial charge in [0.25, 0.3) is 5.97 Å². The van der Waals surface area contributed by atoms with E-state index < -0.39 is 5.97 Å². The Balaban J connectivity index is -0.0000000150. The molecule has 0 aromatic carbocycles. The quantitative estimate of drug-likeness (QED) is 0.490. The van der Waals surface area contributed by atoms with Crippen molar-refractivity contribution in [1.29, 1.82) is 0 Å². The summed E-state index contributed by atoms with van der Waals surface area (Å²) >= 11 is 0. The van der Waals surface area contributed by atoms with Gasteiger partial charge in [-0.25, -0.2) is 0 Å². The molecule has 3 heteroatoms. The van der Waals surface area contributed by atoms with Gasteiger partial charge in [-0.2, -0.15) is 0 Å². The minimum atomic E-state index is -0.833. The molecule has 5 heavy (non-hydrogen) atoms. The number of carboxylic acid groups (broad SMARTS) is 1. The summed E-state index contributed by atoms with van der Waals surface area (Å²) in [6.07, 6.45) is 0. The van der Waals surface area contributed by atoms with Gasteiger partial charge in [0, 0.05) is 6.92 Å². The molecule has 0 aliphatic carbocycles. The first-order chi connectivity index (χ1) is 1.73. The van der Waals surface area contributed by atoms with Crippen molar-refractivity contribution < 1.29 is 12.8 Å². The molecule has 0 spiro atoms. The maximum atomic E-state index is 9.00. The van der Waals surface area contributed by atoms with Crippen molar-refractivity contribution in [2.45, 2.75) is 6.92 Å². The van der Waals surface area contributed by atoms with Crippen LogP contribution >= 0.6 is 0 Å². The van der Waals surface area contributed by atoms with E-state index in [1.165, 1.54) is 0 Å². The molecule has 2 nitrogen and oxygen atoms in total.